The Balaban J connectivity index is 0.00000165. The molecule has 1 aromatic rings. The van der Waals surface area contributed by atoms with Crippen LogP contribution in [-0.4, -0.2) is 6.04 Å². The Labute approximate surface area is 194 Å². The lowest BCUT2D eigenvalue weighted by molar-refractivity contribution is 0.261. The predicted octanol–water partition coefficient (Wildman–Crippen LogP) is 9.20. The fourth-order valence-corrected chi connectivity index (χ4v) is 4.58. The van der Waals surface area contributed by atoms with Gasteiger partial charge < -0.3 is 5.73 Å². The zero-order chi connectivity index (χ0) is 23.8. The summed E-state index contributed by atoms with van der Waals surface area (Å²) in [6.07, 6.45) is 13.9. The van der Waals surface area contributed by atoms with Gasteiger partial charge in [-0.05, 0) is 95.6 Å². The van der Waals surface area contributed by atoms with E-state index in [1.54, 1.807) is 6.08 Å². The van der Waals surface area contributed by atoms with E-state index in [0.717, 1.165) is 12.8 Å². The third kappa shape index (κ3) is 11.5. The van der Waals surface area contributed by atoms with Crippen molar-refractivity contribution < 1.29 is 0 Å². The average Bonchev–Trinajstić information content (AvgIpc) is 2.74. The highest BCUT2D eigenvalue weighted by molar-refractivity contribution is 5.67. The van der Waals surface area contributed by atoms with E-state index in [1.807, 2.05) is 20.8 Å². The molecule has 0 aromatic heterocycles. The van der Waals surface area contributed by atoms with Crippen LogP contribution in [-0.2, 0) is 0 Å². The van der Waals surface area contributed by atoms with Crippen molar-refractivity contribution in [2.45, 2.75) is 106 Å². The van der Waals surface area contributed by atoms with Crippen LogP contribution in [0.5, 0.6) is 0 Å². The molecule has 176 valence electrons. The first-order chi connectivity index (χ1) is 14.8. The number of nitrogens with two attached hydrogens (primary N) is 1. The fraction of sp³-hybridized carbons (Fsp3) is 0.600. The van der Waals surface area contributed by atoms with Gasteiger partial charge in [-0.25, -0.2) is 0 Å². The smallest absolute Gasteiger partial charge is 0.00987 e. The maximum Gasteiger partial charge on any atom is 0.00987 e. The van der Waals surface area contributed by atoms with Gasteiger partial charge in [0, 0.05) is 6.04 Å². The average molecular weight is 426 g/mol. The van der Waals surface area contributed by atoms with Crippen LogP contribution in [0.3, 0.4) is 0 Å². The van der Waals surface area contributed by atoms with Crippen LogP contribution in [0.2, 0.25) is 0 Å². The third-order valence-electron chi connectivity index (χ3n) is 5.97. The number of allylic oxidation sites excluding steroid dienone is 4. The van der Waals surface area contributed by atoms with Crippen molar-refractivity contribution in [3.8, 4) is 0 Å². The Morgan fingerprint density at radius 3 is 2.19 bits per heavy atom. The van der Waals surface area contributed by atoms with Crippen molar-refractivity contribution in [3.63, 3.8) is 0 Å². The lowest BCUT2D eigenvalue weighted by Crippen LogP contribution is -2.38. The van der Waals surface area contributed by atoms with Crippen molar-refractivity contribution in [2.75, 3.05) is 0 Å². The van der Waals surface area contributed by atoms with E-state index < -0.39 is 0 Å². The highest BCUT2D eigenvalue weighted by Crippen LogP contribution is 2.35. The van der Waals surface area contributed by atoms with Crippen molar-refractivity contribution in [1.29, 1.82) is 0 Å². The summed E-state index contributed by atoms with van der Waals surface area (Å²) in [5.74, 6) is 1.31. The van der Waals surface area contributed by atoms with E-state index in [1.165, 1.54) is 66.4 Å². The Hall–Kier alpha value is -1.60. The van der Waals surface area contributed by atoms with Crippen LogP contribution in [0, 0.1) is 25.7 Å². The summed E-state index contributed by atoms with van der Waals surface area (Å²) >= 11 is 0. The Morgan fingerprint density at radius 1 is 1.16 bits per heavy atom. The van der Waals surface area contributed by atoms with Gasteiger partial charge >= 0.3 is 0 Å². The molecule has 2 rings (SSSR count). The first-order valence-corrected chi connectivity index (χ1v) is 12.6. The number of hydrogen-bond acceptors (Lipinski definition) is 1. The molecule has 31 heavy (non-hydrogen) atoms. The summed E-state index contributed by atoms with van der Waals surface area (Å²) in [6, 6.07) is 7.26. The molecule has 1 heteroatoms. The molecule has 1 aromatic carbocycles. The van der Waals surface area contributed by atoms with Gasteiger partial charge in [-0.1, -0.05) is 74.2 Å². The van der Waals surface area contributed by atoms with Gasteiger partial charge in [0.2, 0.25) is 0 Å². The van der Waals surface area contributed by atoms with Crippen LogP contribution < -0.4 is 5.73 Å². The number of rotatable bonds is 9. The van der Waals surface area contributed by atoms with E-state index in [4.69, 9.17) is 5.73 Å². The number of aryl methyl sites for hydroxylation is 2. The minimum atomic E-state index is 0.345. The Kier molecular flexibility index (Phi) is 16.1. The molecule has 0 fully saturated rings. The van der Waals surface area contributed by atoms with E-state index in [-0.39, 0.29) is 0 Å². The van der Waals surface area contributed by atoms with Crippen LogP contribution in [0.15, 0.2) is 49.1 Å². The zero-order valence-corrected chi connectivity index (χ0v) is 21.8. The van der Waals surface area contributed by atoms with E-state index in [0.29, 0.717) is 17.9 Å². The van der Waals surface area contributed by atoms with Gasteiger partial charge in [0.1, 0.15) is 0 Å². The van der Waals surface area contributed by atoms with E-state index in [2.05, 4.69) is 65.1 Å². The van der Waals surface area contributed by atoms with E-state index in [9.17, 15) is 0 Å². The summed E-state index contributed by atoms with van der Waals surface area (Å²) in [7, 11) is 0. The Morgan fingerprint density at radius 2 is 1.74 bits per heavy atom. The largest absolute Gasteiger partial charge is 0.327 e. The molecular formula is C30H51N. The second kappa shape index (κ2) is 17.0. The molecule has 0 radical (unpaired) electrons. The van der Waals surface area contributed by atoms with Gasteiger partial charge in [-0.3, -0.25) is 0 Å². The third-order valence-corrected chi connectivity index (χ3v) is 5.97. The lowest BCUT2D eigenvalue weighted by atomic mass is 9.76. The molecule has 0 spiro atoms. The monoisotopic (exact) mass is 425 g/mol. The van der Waals surface area contributed by atoms with Gasteiger partial charge in [0.15, 0.2) is 0 Å². The minimum absolute atomic E-state index is 0.345. The highest BCUT2D eigenvalue weighted by Gasteiger charge is 2.27. The van der Waals surface area contributed by atoms with Crippen molar-refractivity contribution in [3.05, 3.63) is 65.8 Å². The first kappa shape index (κ1) is 29.4. The lowest BCUT2D eigenvalue weighted by Gasteiger charge is -2.33. The zero-order valence-electron chi connectivity index (χ0n) is 21.8. The van der Waals surface area contributed by atoms with Crippen molar-refractivity contribution >= 4 is 5.57 Å². The molecule has 0 bridgehead atoms. The standard InChI is InChI=1S/C25H39N.C3H6.C2H6/c1-6-8-22(10-7-9-18(2)3)25(26)23-13-11-21(12-14-23)24-16-19(4)15-20(5)17-24;1-3-2;1-2/h11,15-17,22-23,25H,2,6-10,12-14,26H2,1,3-5H3;3H,1H2,2H3;1-2H3. The molecule has 0 heterocycles. The minimum Gasteiger partial charge on any atom is -0.327 e. The maximum absolute atomic E-state index is 6.78. The first-order valence-electron chi connectivity index (χ1n) is 12.6. The maximum atomic E-state index is 6.78. The van der Waals surface area contributed by atoms with E-state index >= 15 is 0 Å². The van der Waals surface area contributed by atoms with Crippen molar-refractivity contribution in [2.24, 2.45) is 17.6 Å². The molecule has 1 aliphatic rings. The van der Waals surface area contributed by atoms with Crippen LogP contribution in [0.25, 0.3) is 5.57 Å². The number of benzene rings is 1. The summed E-state index contributed by atoms with van der Waals surface area (Å²) in [5.41, 5.74) is 13.7. The highest BCUT2D eigenvalue weighted by atomic mass is 14.7. The summed E-state index contributed by atoms with van der Waals surface area (Å²) < 4.78 is 0. The van der Waals surface area contributed by atoms with Gasteiger partial charge in [0.05, 0.1) is 0 Å². The summed E-state index contributed by atoms with van der Waals surface area (Å²) in [5, 5.41) is 0. The van der Waals surface area contributed by atoms with Crippen LogP contribution in [0.1, 0.15) is 103 Å². The number of hydrogen-bond donors (Lipinski definition) is 1. The molecule has 3 atom stereocenters. The summed E-state index contributed by atoms with van der Waals surface area (Å²) in [4.78, 5) is 0. The molecule has 0 amide bonds. The van der Waals surface area contributed by atoms with Crippen LogP contribution >= 0.6 is 0 Å². The second-order valence-electron chi connectivity index (χ2n) is 9.02. The molecule has 1 nitrogen and oxygen atoms in total. The quantitative estimate of drug-likeness (QED) is 0.392. The topological polar surface area (TPSA) is 26.0 Å². The molecular weight excluding hydrogens is 374 g/mol. The molecule has 0 aliphatic heterocycles. The molecule has 0 saturated carbocycles. The summed E-state index contributed by atoms with van der Waals surface area (Å²) in [6.45, 7) is 22.1. The van der Waals surface area contributed by atoms with Crippen LogP contribution in [0.4, 0.5) is 0 Å². The second-order valence-corrected chi connectivity index (χ2v) is 9.02. The molecule has 2 N–H and O–H groups in total. The molecule has 3 unspecified atom stereocenters. The molecule has 0 saturated heterocycles. The van der Waals surface area contributed by atoms with Crippen molar-refractivity contribution in [1.82, 2.24) is 0 Å². The van der Waals surface area contributed by atoms with Gasteiger partial charge in [0.25, 0.3) is 0 Å². The SMILES string of the molecule is C=C(C)CCCC(CCC)C(N)C1CC=C(c2cc(C)cc(C)c2)CC1.C=CC.CC. The normalized spacial score (nSPS) is 17.2. The Bertz CT molecular complexity index is 647. The fourth-order valence-electron chi connectivity index (χ4n) is 4.58. The van der Waals surface area contributed by atoms with Gasteiger partial charge in [-0.2, -0.15) is 0 Å². The van der Waals surface area contributed by atoms with Gasteiger partial charge in [-0.15, -0.1) is 13.2 Å². The predicted molar refractivity (Wildman–Crippen MR) is 143 cm³/mol. The molecule has 1 aliphatic carbocycles.